The van der Waals surface area contributed by atoms with Crippen LogP contribution in [0.25, 0.3) is 0 Å². The molecule has 0 unspecified atom stereocenters. The van der Waals surface area contributed by atoms with E-state index in [1.165, 1.54) is 6.20 Å². The number of aromatic nitrogens is 2. The van der Waals surface area contributed by atoms with Crippen molar-refractivity contribution in [1.29, 1.82) is 0 Å². The Labute approximate surface area is 175 Å². The number of nitrogens with one attached hydrogen (secondary N) is 2. The second-order valence-corrected chi connectivity index (χ2v) is 16.8. The summed E-state index contributed by atoms with van der Waals surface area (Å²) in [6.07, 6.45) is 2.03. The number of sulfonamides is 1. The van der Waals surface area contributed by atoms with Crippen LogP contribution in [0.4, 0.5) is 19.0 Å². The number of fused-ring (bicyclic) bond motifs is 1. The SMILES string of the molecule is CC(C)(C)I1CCc2c(S(=O)(=O)Nc3nc(F)c(OCCF)cc3F)c[nH]c2C1. The second kappa shape index (κ2) is 8.32. The van der Waals surface area contributed by atoms with Gasteiger partial charge in [0, 0.05) is 0 Å². The van der Waals surface area contributed by atoms with Gasteiger partial charge in [0.2, 0.25) is 0 Å². The molecular weight excluding hydrogens is 522 g/mol. The summed E-state index contributed by atoms with van der Waals surface area (Å²) in [7, 11) is -4.17. The first kappa shape index (κ1) is 22.2. The zero-order valence-corrected chi connectivity index (χ0v) is 19.3. The van der Waals surface area contributed by atoms with Gasteiger partial charge < -0.3 is 0 Å². The van der Waals surface area contributed by atoms with E-state index in [-0.39, 0.29) is 8.32 Å². The number of pyridine rings is 1. The van der Waals surface area contributed by atoms with Gasteiger partial charge in [0.15, 0.2) is 0 Å². The van der Waals surface area contributed by atoms with E-state index in [4.69, 9.17) is 4.74 Å². The van der Waals surface area contributed by atoms with Gasteiger partial charge in [-0.25, -0.2) is 4.39 Å². The summed E-state index contributed by atoms with van der Waals surface area (Å²) in [4.78, 5) is 6.37. The molecule has 1 aliphatic rings. The molecule has 0 spiro atoms. The summed E-state index contributed by atoms with van der Waals surface area (Å²) >= 11 is -1.29. The molecule has 0 amide bonds. The van der Waals surface area contributed by atoms with Gasteiger partial charge in [-0.15, -0.1) is 0 Å². The van der Waals surface area contributed by atoms with Crippen molar-refractivity contribution in [2.75, 3.05) is 22.4 Å². The number of alkyl halides is 4. The molecule has 2 N–H and O–H groups in total. The zero-order valence-electron chi connectivity index (χ0n) is 16.3. The fraction of sp³-hybridized carbons (Fsp3) is 0.500. The Morgan fingerprint density at radius 2 is 2.07 bits per heavy atom. The van der Waals surface area contributed by atoms with Crippen LogP contribution in [0.5, 0.6) is 5.75 Å². The normalized spacial score (nSPS) is 15.9. The first-order valence-corrected chi connectivity index (χ1v) is 14.5. The van der Waals surface area contributed by atoms with Gasteiger partial charge >= 0.3 is 164 Å². The predicted octanol–water partition coefficient (Wildman–Crippen LogP) is 4.20. The summed E-state index contributed by atoms with van der Waals surface area (Å²) in [6, 6.07) is 0.642. The maximum atomic E-state index is 14.2. The van der Waals surface area contributed by atoms with Crippen LogP contribution in [0.3, 0.4) is 0 Å². The standard InChI is InChI=1S/C18H23F3IN3O3S/c1-18(2,3)22-6-4-11-13(9-22)23-10-15(11)29(26,27)25-17-12(20)8-14(16(21)24-17)28-7-5-19/h8,10,23H,4-7,9H2,1-3H3,(H,24,25). The Bertz CT molecular complexity index is 1010. The Kier molecular flexibility index (Phi) is 6.37. The topological polar surface area (TPSA) is 84.1 Å². The molecule has 0 atom stereocenters. The zero-order chi connectivity index (χ0) is 21.4. The van der Waals surface area contributed by atoms with E-state index in [1.807, 2.05) is 4.72 Å². The van der Waals surface area contributed by atoms with Crippen LogP contribution in [0.2, 0.25) is 0 Å². The minimum atomic E-state index is -4.17. The van der Waals surface area contributed by atoms with Gasteiger partial charge in [-0.05, 0) is 0 Å². The number of hydrogen-bond acceptors (Lipinski definition) is 4. The van der Waals surface area contributed by atoms with Gasteiger partial charge in [-0.3, -0.25) is 0 Å². The van der Waals surface area contributed by atoms with Gasteiger partial charge in [-0.2, -0.15) is 0 Å². The Morgan fingerprint density at radius 3 is 2.72 bits per heavy atom. The molecule has 0 bridgehead atoms. The maximum absolute atomic E-state index is 14.2. The van der Waals surface area contributed by atoms with Gasteiger partial charge in [0.1, 0.15) is 6.67 Å². The number of halogens is 4. The summed E-state index contributed by atoms with van der Waals surface area (Å²) in [5.74, 6) is -3.70. The van der Waals surface area contributed by atoms with E-state index < -0.39 is 66.5 Å². The molecule has 0 radical (unpaired) electrons. The molecule has 0 saturated heterocycles. The molecule has 1 aliphatic heterocycles. The summed E-state index contributed by atoms with van der Waals surface area (Å²) < 4.78 is 74.7. The quantitative estimate of drug-likeness (QED) is 0.324. The van der Waals surface area contributed by atoms with Crippen molar-refractivity contribution in [1.82, 2.24) is 9.97 Å². The van der Waals surface area contributed by atoms with Crippen LogP contribution in [0.15, 0.2) is 17.2 Å². The molecule has 3 rings (SSSR count). The van der Waals surface area contributed by atoms with Gasteiger partial charge in [0.25, 0.3) is 0 Å². The monoisotopic (exact) mass is 545 g/mol. The molecule has 29 heavy (non-hydrogen) atoms. The molecule has 0 aromatic carbocycles. The number of rotatable bonds is 6. The van der Waals surface area contributed by atoms with E-state index in [2.05, 4.69) is 30.7 Å². The number of hydrogen-bond donors (Lipinski definition) is 2. The summed E-state index contributed by atoms with van der Waals surface area (Å²) in [5, 5.41) is 0. The van der Waals surface area contributed by atoms with Crippen LogP contribution in [0, 0.1) is 11.8 Å². The molecule has 2 aromatic rings. The molecule has 0 fully saturated rings. The third kappa shape index (κ3) is 4.81. The number of H-pyrrole nitrogens is 1. The Balaban J connectivity index is 1.85. The van der Waals surface area contributed by atoms with Crippen molar-refractivity contribution in [3.8, 4) is 5.75 Å². The molecule has 6 nitrogen and oxygen atoms in total. The van der Waals surface area contributed by atoms with Crippen molar-refractivity contribution in [2.24, 2.45) is 0 Å². The fourth-order valence-electron chi connectivity index (χ4n) is 2.98. The average Bonchev–Trinajstić information content (AvgIpc) is 3.06. The Morgan fingerprint density at radius 1 is 1.34 bits per heavy atom. The first-order valence-electron chi connectivity index (χ1n) is 8.91. The predicted molar refractivity (Wildman–Crippen MR) is 113 cm³/mol. The average molecular weight is 545 g/mol. The number of aromatic amines is 1. The van der Waals surface area contributed by atoms with E-state index in [0.29, 0.717) is 18.1 Å². The number of nitrogens with zero attached hydrogens (tertiary/aromatic N) is 1. The van der Waals surface area contributed by atoms with Crippen LogP contribution >= 0.6 is 19.8 Å². The summed E-state index contributed by atoms with van der Waals surface area (Å²) in [6.45, 7) is 5.31. The summed E-state index contributed by atoms with van der Waals surface area (Å²) in [5.41, 5.74) is 1.60. The van der Waals surface area contributed by atoms with Crippen molar-refractivity contribution in [3.63, 3.8) is 0 Å². The third-order valence-electron chi connectivity index (χ3n) is 4.46. The van der Waals surface area contributed by atoms with Gasteiger partial charge in [0.05, 0.1) is 0 Å². The van der Waals surface area contributed by atoms with Crippen molar-refractivity contribution >= 4 is 35.7 Å². The van der Waals surface area contributed by atoms with E-state index >= 15 is 0 Å². The molecule has 2 aromatic heterocycles. The van der Waals surface area contributed by atoms with Crippen LogP contribution in [-0.2, 0) is 20.9 Å². The third-order valence-corrected chi connectivity index (χ3v) is 14.0. The molecule has 162 valence electrons. The van der Waals surface area contributed by atoms with Crippen LogP contribution in [-0.4, -0.2) is 39.5 Å². The number of anilines is 1. The molecule has 0 saturated carbocycles. The first-order chi connectivity index (χ1) is 13.5. The molecule has 0 aliphatic carbocycles. The van der Waals surface area contributed by atoms with Crippen LogP contribution < -0.4 is 9.46 Å². The van der Waals surface area contributed by atoms with Crippen molar-refractivity contribution in [3.05, 3.63) is 35.3 Å². The second-order valence-electron chi connectivity index (χ2n) is 7.46. The molecular formula is C18H23F3IN3O3S. The fourth-order valence-corrected chi connectivity index (χ4v) is 10.2. The van der Waals surface area contributed by atoms with E-state index in [9.17, 15) is 21.6 Å². The molecule has 11 heteroatoms. The van der Waals surface area contributed by atoms with Crippen LogP contribution in [0.1, 0.15) is 32.0 Å². The van der Waals surface area contributed by atoms with E-state index in [1.54, 1.807) is 0 Å². The molecule has 3 heterocycles. The van der Waals surface area contributed by atoms with E-state index in [0.717, 1.165) is 14.5 Å². The number of ether oxygens (including phenoxy) is 1. The van der Waals surface area contributed by atoms with Crippen molar-refractivity contribution in [2.45, 2.75) is 39.9 Å². The van der Waals surface area contributed by atoms with Gasteiger partial charge in [-0.1, -0.05) is 0 Å². The van der Waals surface area contributed by atoms with Crippen molar-refractivity contribution < 1.29 is 26.3 Å². The minimum absolute atomic E-state index is 0.0243. The Hall–Kier alpha value is -1.50.